The normalized spacial score (nSPS) is 11.3. The number of hydrogen-bond donors (Lipinski definition) is 0. The molecule has 0 bridgehead atoms. The first kappa shape index (κ1) is 19.0. The SMILES string of the molecule is CC(C)(Sc1nc2ccccc2n1-c1ccccc1F)C(=O)[O-].[Na+]. The van der Waals surface area contributed by atoms with Gasteiger partial charge in [0.2, 0.25) is 0 Å². The Morgan fingerprint density at radius 3 is 2.46 bits per heavy atom. The van der Waals surface area contributed by atoms with Gasteiger partial charge in [0.25, 0.3) is 0 Å². The number of para-hydroxylation sites is 3. The molecule has 0 aliphatic carbocycles. The monoisotopic (exact) mass is 352 g/mol. The molecule has 0 saturated carbocycles. The number of aliphatic carboxylic acids is 1. The van der Waals surface area contributed by atoms with Crippen molar-refractivity contribution in [3.05, 3.63) is 54.3 Å². The van der Waals surface area contributed by atoms with E-state index in [-0.39, 0.29) is 29.6 Å². The Kier molecular flexibility index (Phi) is 5.75. The van der Waals surface area contributed by atoms with Crippen LogP contribution in [-0.2, 0) is 4.79 Å². The number of thioether (sulfide) groups is 1. The molecule has 0 saturated heterocycles. The molecule has 1 aromatic heterocycles. The van der Waals surface area contributed by atoms with Crippen molar-refractivity contribution in [2.45, 2.75) is 23.8 Å². The molecule has 0 unspecified atom stereocenters. The molecule has 0 amide bonds. The van der Waals surface area contributed by atoms with Gasteiger partial charge in [-0.1, -0.05) is 36.0 Å². The number of benzene rings is 2. The Morgan fingerprint density at radius 1 is 1.17 bits per heavy atom. The molecule has 0 radical (unpaired) electrons. The van der Waals surface area contributed by atoms with Crippen LogP contribution in [0.15, 0.2) is 53.7 Å². The average Bonchev–Trinajstić information content (AvgIpc) is 2.84. The Bertz CT molecular complexity index is 895. The second-order valence-corrected chi connectivity index (χ2v) is 7.16. The molecular formula is C17H14FN2NaO2S. The molecule has 0 spiro atoms. The summed E-state index contributed by atoms with van der Waals surface area (Å²) in [6, 6.07) is 13.6. The number of carboxylic acid groups (broad SMARTS) is 1. The third-order valence-electron chi connectivity index (χ3n) is 3.46. The van der Waals surface area contributed by atoms with Crippen molar-refractivity contribution in [2.24, 2.45) is 0 Å². The average molecular weight is 352 g/mol. The Labute approximate surface area is 165 Å². The maximum atomic E-state index is 14.3. The molecule has 1 heterocycles. The summed E-state index contributed by atoms with van der Waals surface area (Å²) in [4.78, 5) is 15.8. The molecule has 2 aromatic carbocycles. The molecule has 7 heteroatoms. The largest absolute Gasteiger partial charge is 1.00 e. The van der Waals surface area contributed by atoms with Crippen molar-refractivity contribution >= 4 is 28.8 Å². The maximum absolute atomic E-state index is 14.3. The summed E-state index contributed by atoms with van der Waals surface area (Å²) in [5.74, 6) is -1.60. The van der Waals surface area contributed by atoms with Crippen LogP contribution >= 0.6 is 11.8 Å². The zero-order valence-electron chi connectivity index (χ0n) is 13.6. The molecule has 3 aromatic rings. The van der Waals surface area contributed by atoms with E-state index in [0.29, 0.717) is 21.9 Å². The number of aromatic nitrogens is 2. The van der Waals surface area contributed by atoms with Gasteiger partial charge < -0.3 is 9.90 Å². The molecule has 118 valence electrons. The summed E-state index contributed by atoms with van der Waals surface area (Å²) in [7, 11) is 0. The molecule has 0 atom stereocenters. The number of fused-ring (bicyclic) bond motifs is 1. The molecule has 0 aliphatic rings. The fraction of sp³-hybridized carbons (Fsp3) is 0.176. The Balaban J connectivity index is 0.00000208. The first-order valence-electron chi connectivity index (χ1n) is 7.03. The molecule has 4 nitrogen and oxygen atoms in total. The van der Waals surface area contributed by atoms with Gasteiger partial charge in [-0.25, -0.2) is 9.37 Å². The first-order valence-corrected chi connectivity index (χ1v) is 7.84. The second-order valence-electron chi connectivity index (χ2n) is 5.57. The van der Waals surface area contributed by atoms with Crippen LogP contribution in [0.1, 0.15) is 13.8 Å². The van der Waals surface area contributed by atoms with E-state index < -0.39 is 16.5 Å². The molecule has 3 rings (SSSR count). The van der Waals surface area contributed by atoms with Gasteiger partial charge in [0.15, 0.2) is 5.16 Å². The number of halogens is 1. The zero-order chi connectivity index (χ0) is 16.6. The van der Waals surface area contributed by atoms with Gasteiger partial charge in [-0.15, -0.1) is 0 Å². The molecule has 24 heavy (non-hydrogen) atoms. The van der Waals surface area contributed by atoms with Crippen LogP contribution in [0.5, 0.6) is 0 Å². The van der Waals surface area contributed by atoms with Gasteiger partial charge in [0.1, 0.15) is 5.82 Å². The zero-order valence-corrected chi connectivity index (χ0v) is 16.4. The minimum absolute atomic E-state index is 0. The molecule has 0 fully saturated rings. The smallest absolute Gasteiger partial charge is 0.549 e. The van der Waals surface area contributed by atoms with E-state index in [1.165, 1.54) is 19.9 Å². The predicted octanol–water partition coefficient (Wildman–Crippen LogP) is -0.211. The summed E-state index contributed by atoms with van der Waals surface area (Å²) < 4.78 is 14.7. The van der Waals surface area contributed by atoms with Gasteiger partial charge in [-0.2, -0.15) is 0 Å². The van der Waals surface area contributed by atoms with Crippen LogP contribution in [0.2, 0.25) is 0 Å². The minimum atomic E-state index is -1.20. The second kappa shape index (κ2) is 7.27. The van der Waals surface area contributed by atoms with E-state index in [9.17, 15) is 14.3 Å². The fourth-order valence-electron chi connectivity index (χ4n) is 2.21. The van der Waals surface area contributed by atoms with E-state index >= 15 is 0 Å². The van der Waals surface area contributed by atoms with Crippen LogP contribution in [0.3, 0.4) is 0 Å². The third-order valence-corrected chi connectivity index (χ3v) is 4.59. The number of nitrogens with zero attached hydrogens (tertiary/aromatic N) is 2. The topological polar surface area (TPSA) is 58.0 Å². The van der Waals surface area contributed by atoms with Gasteiger partial charge in [0.05, 0.1) is 27.4 Å². The van der Waals surface area contributed by atoms with Gasteiger partial charge in [-0.05, 0) is 38.1 Å². The summed E-state index contributed by atoms with van der Waals surface area (Å²) in [6.45, 7) is 3.08. The van der Waals surface area contributed by atoms with Crippen LogP contribution in [0.4, 0.5) is 4.39 Å². The predicted molar refractivity (Wildman–Crippen MR) is 86.0 cm³/mol. The molecular weight excluding hydrogens is 338 g/mol. The fourth-order valence-corrected chi connectivity index (χ4v) is 3.18. The van der Waals surface area contributed by atoms with Crippen LogP contribution in [-0.4, -0.2) is 20.3 Å². The van der Waals surface area contributed by atoms with E-state index in [1.807, 2.05) is 24.3 Å². The minimum Gasteiger partial charge on any atom is -0.549 e. The van der Waals surface area contributed by atoms with Gasteiger partial charge >= 0.3 is 29.6 Å². The standard InChI is InChI=1S/C17H15FN2O2S.Na/c1-17(2,15(21)22)23-16-19-12-8-4-6-10-14(12)20(16)13-9-5-3-7-11(13)18;/h3-10H,1-2H3,(H,21,22);/q;+1/p-1. The number of carbonyl (C=O) groups excluding carboxylic acids is 1. The van der Waals surface area contributed by atoms with Gasteiger partial charge in [0, 0.05) is 0 Å². The van der Waals surface area contributed by atoms with E-state index in [4.69, 9.17) is 0 Å². The van der Waals surface area contributed by atoms with Crippen molar-refractivity contribution in [3.63, 3.8) is 0 Å². The van der Waals surface area contributed by atoms with E-state index in [2.05, 4.69) is 4.98 Å². The van der Waals surface area contributed by atoms with Crippen LogP contribution < -0.4 is 34.7 Å². The summed E-state index contributed by atoms with van der Waals surface area (Å²) in [6.07, 6.45) is 0. The van der Waals surface area contributed by atoms with Crippen molar-refractivity contribution < 1.29 is 43.8 Å². The Hall–Kier alpha value is -1.34. The van der Waals surface area contributed by atoms with E-state index in [0.717, 1.165) is 11.8 Å². The van der Waals surface area contributed by atoms with E-state index in [1.54, 1.807) is 22.8 Å². The Morgan fingerprint density at radius 2 is 1.79 bits per heavy atom. The quantitative estimate of drug-likeness (QED) is 0.482. The van der Waals surface area contributed by atoms with Crippen LogP contribution in [0, 0.1) is 5.82 Å². The van der Waals surface area contributed by atoms with Crippen molar-refractivity contribution in [2.75, 3.05) is 0 Å². The van der Waals surface area contributed by atoms with Crippen molar-refractivity contribution in [1.82, 2.24) is 9.55 Å². The van der Waals surface area contributed by atoms with Crippen molar-refractivity contribution in [1.29, 1.82) is 0 Å². The maximum Gasteiger partial charge on any atom is 1.00 e. The summed E-state index contributed by atoms with van der Waals surface area (Å²) in [5.41, 5.74) is 1.72. The number of rotatable bonds is 4. The van der Waals surface area contributed by atoms with Gasteiger partial charge in [-0.3, -0.25) is 4.57 Å². The summed E-state index contributed by atoms with van der Waals surface area (Å²) in [5, 5.41) is 11.7. The molecule has 0 aliphatic heterocycles. The number of imidazole rings is 1. The first-order chi connectivity index (χ1) is 10.9. The van der Waals surface area contributed by atoms with Crippen LogP contribution in [0.25, 0.3) is 16.7 Å². The number of hydrogen-bond acceptors (Lipinski definition) is 4. The number of carboxylic acids is 1. The van der Waals surface area contributed by atoms with Crippen molar-refractivity contribution in [3.8, 4) is 5.69 Å². The third kappa shape index (κ3) is 3.52. The number of carbonyl (C=O) groups is 1. The molecule has 0 N–H and O–H groups in total. The summed E-state index contributed by atoms with van der Waals surface area (Å²) >= 11 is 1.03.